The minimum atomic E-state index is -1.28. The molecular formula is C18H27N3O7. The minimum absolute atomic E-state index is 0.178. The highest BCUT2D eigenvalue weighted by Gasteiger charge is 2.41. The van der Waals surface area contributed by atoms with Crippen LogP contribution in [0.2, 0.25) is 0 Å². The summed E-state index contributed by atoms with van der Waals surface area (Å²) >= 11 is 0. The first-order valence-electron chi connectivity index (χ1n) is 8.89. The highest BCUT2D eigenvalue weighted by atomic mass is 16.6. The van der Waals surface area contributed by atoms with Gasteiger partial charge in [0.05, 0.1) is 39.6 Å². The Bertz CT molecular complexity index is 698. The maximum atomic E-state index is 11.4. The van der Waals surface area contributed by atoms with Gasteiger partial charge in [-0.05, 0) is 6.92 Å². The van der Waals surface area contributed by atoms with Crippen molar-refractivity contribution in [3.63, 3.8) is 0 Å². The predicted octanol–water partition coefficient (Wildman–Crippen LogP) is 0.381. The molecule has 1 aromatic rings. The van der Waals surface area contributed by atoms with Gasteiger partial charge in [0.1, 0.15) is 6.61 Å². The molecule has 2 N–H and O–H groups in total. The molecule has 2 rings (SSSR count). The molecule has 0 spiro atoms. The summed E-state index contributed by atoms with van der Waals surface area (Å²) in [7, 11) is 3.31. The number of carbonyl (C=O) groups is 1. The molecule has 10 nitrogen and oxygen atoms in total. The summed E-state index contributed by atoms with van der Waals surface area (Å²) in [4.78, 5) is 21.5. The number of likely N-dealkylation sites (N-methyl/N-ethyl adjacent to an activating group) is 1. The third kappa shape index (κ3) is 5.54. The van der Waals surface area contributed by atoms with Gasteiger partial charge in [-0.15, -0.1) is 0 Å². The Hall–Kier alpha value is -2.43. The van der Waals surface area contributed by atoms with Gasteiger partial charge in [0.2, 0.25) is 0 Å². The Kier molecular flexibility index (Phi) is 7.97. The summed E-state index contributed by atoms with van der Waals surface area (Å²) in [6.45, 7) is 4.20. The number of aromatic hydroxyl groups is 1. The predicted molar refractivity (Wildman–Crippen MR) is 100 cm³/mol. The molecule has 0 bridgehead atoms. The van der Waals surface area contributed by atoms with E-state index in [2.05, 4.69) is 9.98 Å². The zero-order valence-electron chi connectivity index (χ0n) is 16.4. The van der Waals surface area contributed by atoms with E-state index in [0.29, 0.717) is 38.9 Å². The number of hydrogen-bond donors (Lipinski definition) is 2. The molecule has 0 amide bonds. The van der Waals surface area contributed by atoms with E-state index in [4.69, 9.17) is 18.9 Å². The van der Waals surface area contributed by atoms with Gasteiger partial charge in [0, 0.05) is 26.4 Å². The first kappa shape index (κ1) is 21.9. The van der Waals surface area contributed by atoms with E-state index in [1.165, 1.54) is 19.2 Å². The number of methoxy groups -OCH3 is 1. The van der Waals surface area contributed by atoms with Crippen molar-refractivity contribution >= 4 is 11.8 Å². The van der Waals surface area contributed by atoms with Gasteiger partial charge >= 0.3 is 5.97 Å². The number of hydrogen-bond acceptors (Lipinski definition) is 9. The Labute approximate surface area is 163 Å². The van der Waals surface area contributed by atoms with Gasteiger partial charge in [-0.3, -0.25) is 0 Å². The molecular weight excluding hydrogens is 370 g/mol. The average Bonchev–Trinajstić information content (AvgIpc) is 2.97. The SMILES string of the molecule is COCCOCCOCCOc1ccnc(C2=NC(C)(C(=O)O)CN2C)c1O. The van der Waals surface area contributed by atoms with Crippen LogP contribution in [0.1, 0.15) is 12.6 Å². The van der Waals surface area contributed by atoms with Crippen molar-refractivity contribution in [1.29, 1.82) is 0 Å². The van der Waals surface area contributed by atoms with Crippen molar-refractivity contribution in [3.05, 3.63) is 18.0 Å². The van der Waals surface area contributed by atoms with E-state index >= 15 is 0 Å². The van der Waals surface area contributed by atoms with Crippen molar-refractivity contribution in [2.75, 3.05) is 60.3 Å². The van der Waals surface area contributed by atoms with Gasteiger partial charge in [-0.1, -0.05) is 0 Å². The third-order valence-electron chi connectivity index (χ3n) is 4.11. The summed E-state index contributed by atoms with van der Waals surface area (Å²) < 4.78 is 21.1. The lowest BCUT2D eigenvalue weighted by atomic mass is 10.1. The summed E-state index contributed by atoms with van der Waals surface area (Å²) in [6.07, 6.45) is 1.47. The van der Waals surface area contributed by atoms with Crippen LogP contribution in [0.15, 0.2) is 17.3 Å². The van der Waals surface area contributed by atoms with Crippen LogP contribution < -0.4 is 4.74 Å². The fourth-order valence-electron chi connectivity index (χ4n) is 2.63. The molecule has 0 saturated heterocycles. The quantitative estimate of drug-likeness (QED) is 0.482. The van der Waals surface area contributed by atoms with Crippen LogP contribution in [-0.2, 0) is 19.0 Å². The maximum Gasteiger partial charge on any atom is 0.333 e. The molecule has 1 unspecified atom stereocenters. The van der Waals surface area contributed by atoms with E-state index in [1.807, 2.05) is 0 Å². The van der Waals surface area contributed by atoms with Crippen LogP contribution >= 0.6 is 0 Å². The third-order valence-corrected chi connectivity index (χ3v) is 4.11. The molecule has 1 atom stereocenters. The topological polar surface area (TPSA) is 123 Å². The molecule has 1 aromatic heterocycles. The maximum absolute atomic E-state index is 11.4. The van der Waals surface area contributed by atoms with E-state index in [-0.39, 0.29) is 30.3 Å². The number of carboxylic acids is 1. The largest absolute Gasteiger partial charge is 0.503 e. The number of aromatic nitrogens is 1. The average molecular weight is 397 g/mol. The summed E-state index contributed by atoms with van der Waals surface area (Å²) in [5.74, 6) is -0.697. The van der Waals surface area contributed by atoms with Crippen LogP contribution in [0.3, 0.4) is 0 Å². The lowest BCUT2D eigenvalue weighted by Gasteiger charge is -2.17. The van der Waals surface area contributed by atoms with Gasteiger partial charge < -0.3 is 34.1 Å². The van der Waals surface area contributed by atoms with Crippen LogP contribution in [-0.4, -0.2) is 97.8 Å². The Morgan fingerprint density at radius 2 is 1.86 bits per heavy atom. The molecule has 2 heterocycles. The number of nitrogens with zero attached hydrogens (tertiary/aromatic N) is 3. The monoisotopic (exact) mass is 397 g/mol. The van der Waals surface area contributed by atoms with Gasteiger partial charge in [-0.25, -0.2) is 14.8 Å². The molecule has 0 saturated carbocycles. The zero-order chi connectivity index (χ0) is 20.6. The number of aliphatic carboxylic acids is 1. The molecule has 0 aliphatic carbocycles. The number of rotatable bonds is 12. The summed E-state index contributed by atoms with van der Waals surface area (Å²) in [5.41, 5.74) is -1.11. The number of amidine groups is 1. The van der Waals surface area contributed by atoms with E-state index in [1.54, 1.807) is 19.1 Å². The van der Waals surface area contributed by atoms with Crippen LogP contribution in [0.4, 0.5) is 0 Å². The molecule has 0 aromatic carbocycles. The Balaban J connectivity index is 1.89. The van der Waals surface area contributed by atoms with E-state index in [0.717, 1.165) is 0 Å². The van der Waals surface area contributed by atoms with Gasteiger partial charge in [0.15, 0.2) is 28.6 Å². The summed E-state index contributed by atoms with van der Waals surface area (Å²) in [5, 5.41) is 19.8. The Morgan fingerprint density at radius 3 is 2.46 bits per heavy atom. The molecule has 1 aliphatic heterocycles. The zero-order valence-corrected chi connectivity index (χ0v) is 16.4. The summed E-state index contributed by atoms with van der Waals surface area (Å²) in [6, 6.07) is 1.53. The lowest BCUT2D eigenvalue weighted by molar-refractivity contribution is -0.142. The number of carboxylic acid groups (broad SMARTS) is 1. The highest BCUT2D eigenvalue weighted by molar-refractivity contribution is 6.03. The second kappa shape index (κ2) is 10.2. The van der Waals surface area contributed by atoms with E-state index < -0.39 is 11.5 Å². The molecule has 0 radical (unpaired) electrons. The number of ether oxygens (including phenoxy) is 4. The smallest absolute Gasteiger partial charge is 0.333 e. The molecule has 10 heteroatoms. The molecule has 1 aliphatic rings. The fraction of sp³-hybridized carbons (Fsp3) is 0.611. The standard InChI is InChI=1S/C18H27N3O7/c1-18(17(23)24)12-21(2)16(20-18)14-15(22)13(4-5-19-14)28-11-10-27-9-8-26-7-6-25-3/h4-5,22H,6-12H2,1-3H3,(H,23,24). The van der Waals surface area contributed by atoms with Gasteiger partial charge in [0.25, 0.3) is 0 Å². The Morgan fingerprint density at radius 1 is 1.21 bits per heavy atom. The van der Waals surface area contributed by atoms with E-state index in [9.17, 15) is 15.0 Å². The number of aliphatic imine (C=N–C) groups is 1. The number of pyridine rings is 1. The van der Waals surface area contributed by atoms with Crippen molar-refractivity contribution in [1.82, 2.24) is 9.88 Å². The lowest BCUT2D eigenvalue weighted by Crippen LogP contribution is -2.38. The molecule has 156 valence electrons. The fourth-order valence-corrected chi connectivity index (χ4v) is 2.63. The van der Waals surface area contributed by atoms with Crippen molar-refractivity contribution in [2.24, 2.45) is 4.99 Å². The van der Waals surface area contributed by atoms with Crippen LogP contribution in [0.25, 0.3) is 0 Å². The van der Waals surface area contributed by atoms with Crippen LogP contribution in [0.5, 0.6) is 11.5 Å². The van der Waals surface area contributed by atoms with Crippen molar-refractivity contribution < 1.29 is 34.0 Å². The first-order chi connectivity index (χ1) is 13.4. The highest BCUT2D eigenvalue weighted by Crippen LogP contribution is 2.32. The van der Waals surface area contributed by atoms with Gasteiger partial charge in [-0.2, -0.15) is 0 Å². The van der Waals surface area contributed by atoms with Crippen LogP contribution in [0, 0.1) is 0 Å². The van der Waals surface area contributed by atoms with Crippen molar-refractivity contribution in [2.45, 2.75) is 12.5 Å². The molecule has 0 fully saturated rings. The van der Waals surface area contributed by atoms with Crippen molar-refractivity contribution in [3.8, 4) is 11.5 Å². The second-order valence-electron chi connectivity index (χ2n) is 6.44. The minimum Gasteiger partial charge on any atom is -0.503 e. The first-order valence-corrected chi connectivity index (χ1v) is 8.89. The normalized spacial score (nSPS) is 19.0. The molecule has 28 heavy (non-hydrogen) atoms. The second-order valence-corrected chi connectivity index (χ2v) is 6.44.